The molecule has 0 atom stereocenters. The second-order valence-electron chi connectivity index (χ2n) is 3.58. The Bertz CT molecular complexity index is 101. The van der Waals surface area contributed by atoms with E-state index in [1.54, 1.807) is 0 Å². The molecule has 0 aromatic carbocycles. The van der Waals surface area contributed by atoms with Crippen LogP contribution in [0.3, 0.4) is 0 Å². The minimum Gasteiger partial charge on any atom is -0.436 e. The summed E-state index contributed by atoms with van der Waals surface area (Å²) in [5.41, 5.74) is 0. The lowest BCUT2D eigenvalue weighted by Gasteiger charge is -2.27. The third-order valence-electron chi connectivity index (χ3n) is 0.969. The minimum atomic E-state index is -1.78. The largest absolute Gasteiger partial charge is 0.436 e. The Hall–Kier alpha value is 0.354. The van der Waals surface area contributed by atoms with E-state index >= 15 is 0 Å². The van der Waals surface area contributed by atoms with Crippen LogP contribution in [0.4, 0.5) is 0 Å². The summed E-state index contributed by atoms with van der Waals surface area (Å²) < 4.78 is 11.5. The van der Waals surface area contributed by atoms with Crippen molar-refractivity contribution in [2.75, 3.05) is 0 Å². The van der Waals surface area contributed by atoms with Gasteiger partial charge in [0.1, 0.15) is 0 Å². The molecule has 0 bridgehead atoms. The van der Waals surface area contributed by atoms with Crippen LogP contribution in [0.2, 0.25) is 26.2 Å². The molecule has 0 aromatic rings. The topological polar surface area (TPSA) is 18.5 Å². The van der Waals surface area contributed by atoms with Crippen LogP contribution in [0.1, 0.15) is 13.8 Å². The lowest BCUT2D eigenvalue weighted by atomic mass is 10.5. The van der Waals surface area contributed by atoms with Gasteiger partial charge in [-0.2, -0.15) is 0 Å². The van der Waals surface area contributed by atoms with E-state index in [0.717, 1.165) is 0 Å². The fourth-order valence-corrected chi connectivity index (χ4v) is 6.34. The summed E-state index contributed by atoms with van der Waals surface area (Å²) in [6, 6.07) is 0. The molecule has 0 aliphatic carbocycles. The summed E-state index contributed by atoms with van der Waals surface area (Å²) in [5.74, 6) is 0. The van der Waals surface area contributed by atoms with E-state index < -0.39 is 17.6 Å². The van der Waals surface area contributed by atoms with Gasteiger partial charge in [-0.3, -0.25) is 0 Å². The van der Waals surface area contributed by atoms with Gasteiger partial charge < -0.3 is 8.54 Å². The molecule has 0 amide bonds. The molecule has 67 valence electrons. The van der Waals surface area contributed by atoms with Gasteiger partial charge >= 0.3 is 8.56 Å². The van der Waals surface area contributed by atoms with Gasteiger partial charge in [-0.15, -0.1) is 0 Å². The molecule has 11 heavy (non-hydrogen) atoms. The first-order valence-electron chi connectivity index (χ1n) is 4.00. The number of hydrogen-bond acceptors (Lipinski definition) is 2. The predicted octanol–water partition coefficient (Wildman–Crippen LogP) is 2.38. The van der Waals surface area contributed by atoms with E-state index in [1.807, 2.05) is 0 Å². The molecule has 0 saturated heterocycles. The van der Waals surface area contributed by atoms with Gasteiger partial charge in [-0.25, -0.2) is 0 Å². The van der Waals surface area contributed by atoms with E-state index in [1.165, 1.54) is 0 Å². The van der Waals surface area contributed by atoms with Crippen LogP contribution in [-0.4, -0.2) is 23.7 Å². The van der Waals surface area contributed by atoms with Gasteiger partial charge in [0.05, 0.1) is 0 Å². The average Bonchev–Trinajstić information content (AvgIpc) is 1.53. The molecule has 0 spiro atoms. The maximum Gasteiger partial charge on any atom is 0.321 e. The summed E-state index contributed by atoms with van der Waals surface area (Å²) in [4.78, 5) is 0. The predicted molar refractivity (Wildman–Crippen MR) is 52.3 cm³/mol. The van der Waals surface area contributed by atoms with Crippen molar-refractivity contribution in [1.82, 2.24) is 0 Å². The van der Waals surface area contributed by atoms with E-state index in [2.05, 4.69) is 40.0 Å². The summed E-state index contributed by atoms with van der Waals surface area (Å²) >= 11 is 0. The van der Waals surface area contributed by atoms with Crippen LogP contribution in [0, 0.1) is 0 Å². The quantitative estimate of drug-likeness (QED) is 0.635. The lowest BCUT2D eigenvalue weighted by Crippen LogP contribution is -2.40. The Balaban J connectivity index is 3.79. The Labute approximate surface area is 72.9 Å². The molecule has 0 aliphatic rings. The minimum absolute atomic E-state index is 0.290. The van der Waals surface area contributed by atoms with Gasteiger partial charge in [0, 0.05) is 6.10 Å². The van der Waals surface area contributed by atoms with Crippen LogP contribution in [0.15, 0.2) is 0 Å². The highest BCUT2D eigenvalue weighted by Gasteiger charge is 2.26. The summed E-state index contributed by atoms with van der Waals surface area (Å²) in [6.07, 6.45) is 0.290. The van der Waals surface area contributed by atoms with Crippen molar-refractivity contribution in [1.29, 1.82) is 0 Å². The second kappa shape index (κ2) is 4.40. The van der Waals surface area contributed by atoms with Crippen LogP contribution in [0.5, 0.6) is 0 Å². The zero-order valence-electron chi connectivity index (χ0n) is 8.39. The highest BCUT2D eigenvalue weighted by atomic mass is 28.4. The van der Waals surface area contributed by atoms with Crippen molar-refractivity contribution in [2.45, 2.75) is 46.1 Å². The molecule has 0 saturated carbocycles. The first-order valence-corrected chi connectivity index (χ1v) is 9.23. The normalized spacial score (nSPS) is 13.1. The maximum atomic E-state index is 5.77. The standard InChI is InChI=1S/C7H19O2Si2/c1-7(2)8-11(5,6)9-10(3)4/h7H,1-6H3. The Morgan fingerprint density at radius 1 is 1.18 bits per heavy atom. The smallest absolute Gasteiger partial charge is 0.321 e. The van der Waals surface area contributed by atoms with Crippen LogP contribution in [0.25, 0.3) is 0 Å². The van der Waals surface area contributed by atoms with Gasteiger partial charge in [0.15, 0.2) is 9.04 Å². The molecule has 0 heterocycles. The Morgan fingerprint density at radius 3 is 1.91 bits per heavy atom. The number of hydrogen-bond donors (Lipinski definition) is 0. The fraction of sp³-hybridized carbons (Fsp3) is 1.00. The molecule has 4 heteroatoms. The SMILES string of the molecule is CC(C)O[Si](C)(C)O[Si](C)C. The first kappa shape index (κ1) is 11.4. The van der Waals surface area contributed by atoms with Crippen LogP contribution < -0.4 is 0 Å². The van der Waals surface area contributed by atoms with Crippen LogP contribution in [-0.2, 0) is 8.54 Å². The third kappa shape index (κ3) is 6.74. The molecule has 0 aliphatic heterocycles. The highest BCUT2D eigenvalue weighted by Crippen LogP contribution is 2.10. The third-order valence-corrected chi connectivity index (χ3v) is 5.61. The van der Waals surface area contributed by atoms with Crippen LogP contribution >= 0.6 is 0 Å². The summed E-state index contributed by atoms with van der Waals surface area (Å²) in [5, 5.41) is 0. The maximum absolute atomic E-state index is 5.77. The summed E-state index contributed by atoms with van der Waals surface area (Å²) in [6.45, 7) is 12.6. The molecular weight excluding hydrogens is 172 g/mol. The van der Waals surface area contributed by atoms with Crippen molar-refractivity contribution in [2.24, 2.45) is 0 Å². The summed E-state index contributed by atoms with van der Waals surface area (Å²) in [7, 11) is -2.38. The zero-order valence-corrected chi connectivity index (χ0v) is 10.4. The molecule has 2 nitrogen and oxygen atoms in total. The van der Waals surface area contributed by atoms with E-state index in [9.17, 15) is 0 Å². The molecule has 0 aromatic heterocycles. The first-order chi connectivity index (χ1) is 4.83. The molecule has 0 unspecified atom stereocenters. The molecule has 0 fully saturated rings. The van der Waals surface area contributed by atoms with Gasteiger partial charge in [-0.1, -0.05) is 0 Å². The monoisotopic (exact) mass is 191 g/mol. The molecule has 0 rings (SSSR count). The zero-order chi connectivity index (χ0) is 9.07. The van der Waals surface area contributed by atoms with Crippen molar-refractivity contribution in [3.05, 3.63) is 0 Å². The average molecular weight is 191 g/mol. The fourth-order valence-electron chi connectivity index (χ4n) is 1.08. The lowest BCUT2D eigenvalue weighted by molar-refractivity contribution is 0.189. The molecular formula is C7H19O2Si2. The highest BCUT2D eigenvalue weighted by molar-refractivity contribution is 6.72. The second-order valence-corrected chi connectivity index (χ2v) is 9.25. The van der Waals surface area contributed by atoms with Gasteiger partial charge in [-0.05, 0) is 40.0 Å². The van der Waals surface area contributed by atoms with Crippen molar-refractivity contribution in [3.8, 4) is 0 Å². The van der Waals surface area contributed by atoms with Crippen molar-refractivity contribution in [3.63, 3.8) is 0 Å². The van der Waals surface area contributed by atoms with E-state index in [4.69, 9.17) is 8.54 Å². The Kier molecular flexibility index (Phi) is 4.54. The Morgan fingerprint density at radius 2 is 1.64 bits per heavy atom. The van der Waals surface area contributed by atoms with E-state index in [0.29, 0.717) is 0 Å². The molecule has 1 radical (unpaired) electrons. The molecule has 0 N–H and O–H groups in total. The van der Waals surface area contributed by atoms with Crippen molar-refractivity contribution >= 4 is 17.6 Å². The van der Waals surface area contributed by atoms with Gasteiger partial charge in [0.25, 0.3) is 0 Å². The van der Waals surface area contributed by atoms with Crippen molar-refractivity contribution < 1.29 is 8.54 Å². The number of rotatable bonds is 4. The van der Waals surface area contributed by atoms with Gasteiger partial charge in [0.2, 0.25) is 0 Å². The van der Waals surface area contributed by atoms with E-state index in [-0.39, 0.29) is 6.10 Å².